The van der Waals surface area contributed by atoms with Gasteiger partial charge in [0.1, 0.15) is 5.75 Å². The first-order chi connectivity index (χ1) is 17.1. The summed E-state index contributed by atoms with van der Waals surface area (Å²) in [7, 11) is 0. The number of aromatic hydroxyl groups is 1. The first-order valence-electron chi connectivity index (χ1n) is 12.5. The van der Waals surface area contributed by atoms with E-state index < -0.39 is 0 Å². The van der Waals surface area contributed by atoms with Crippen LogP contribution in [0.5, 0.6) is 5.75 Å². The summed E-state index contributed by atoms with van der Waals surface area (Å²) in [5.74, 6) is 0.128. The fraction of sp³-hybridized carbons (Fsp3) is 0.300. The summed E-state index contributed by atoms with van der Waals surface area (Å²) < 4.78 is 2.17. The highest BCUT2D eigenvalue weighted by atomic mass is 16.3. The van der Waals surface area contributed by atoms with Gasteiger partial charge >= 0.3 is 0 Å². The highest BCUT2D eigenvalue weighted by Gasteiger charge is 2.25. The van der Waals surface area contributed by atoms with Crippen molar-refractivity contribution in [2.75, 3.05) is 19.6 Å². The molecular weight excluding hydrogens is 434 g/mol. The summed E-state index contributed by atoms with van der Waals surface area (Å²) in [5, 5.41) is 14.3. The molecule has 180 valence electrons. The molecule has 0 saturated carbocycles. The van der Waals surface area contributed by atoms with Gasteiger partial charge in [-0.1, -0.05) is 60.7 Å². The number of hydrogen-bond donors (Lipinski definition) is 2. The molecule has 0 spiro atoms. The van der Waals surface area contributed by atoms with Gasteiger partial charge in [-0.15, -0.1) is 0 Å². The van der Waals surface area contributed by atoms with E-state index >= 15 is 0 Å². The third-order valence-electron chi connectivity index (χ3n) is 7.20. The number of nitrogens with zero attached hydrogens (tertiary/aromatic N) is 2. The zero-order valence-electron chi connectivity index (χ0n) is 20.3. The Morgan fingerprint density at radius 1 is 0.943 bits per heavy atom. The van der Waals surface area contributed by atoms with Gasteiger partial charge in [0, 0.05) is 48.8 Å². The molecule has 5 rings (SSSR count). The number of phenols is 1. The van der Waals surface area contributed by atoms with Crippen LogP contribution in [0.25, 0.3) is 10.9 Å². The summed E-state index contributed by atoms with van der Waals surface area (Å²) in [6.07, 6.45) is 2.96. The van der Waals surface area contributed by atoms with E-state index in [0.29, 0.717) is 12.1 Å². The molecule has 0 unspecified atom stereocenters. The van der Waals surface area contributed by atoms with Gasteiger partial charge in [0.2, 0.25) is 0 Å². The molecule has 2 heterocycles. The van der Waals surface area contributed by atoms with Crippen molar-refractivity contribution in [1.82, 2.24) is 14.8 Å². The lowest BCUT2D eigenvalue weighted by molar-refractivity contribution is 0.0912. The highest BCUT2D eigenvalue weighted by Crippen LogP contribution is 2.30. The van der Waals surface area contributed by atoms with E-state index in [-0.39, 0.29) is 17.7 Å². The van der Waals surface area contributed by atoms with E-state index in [1.807, 2.05) is 31.2 Å². The average Bonchev–Trinajstić information content (AvgIpc) is 3.15. The Balaban J connectivity index is 1.28. The van der Waals surface area contributed by atoms with E-state index in [1.54, 1.807) is 12.1 Å². The van der Waals surface area contributed by atoms with Crippen molar-refractivity contribution in [3.05, 3.63) is 101 Å². The maximum Gasteiger partial charge on any atom is 0.253 e. The Morgan fingerprint density at radius 2 is 1.60 bits per heavy atom. The Morgan fingerprint density at radius 3 is 2.29 bits per heavy atom. The van der Waals surface area contributed by atoms with Crippen molar-refractivity contribution in [3.63, 3.8) is 0 Å². The number of carbonyl (C=O) groups is 1. The van der Waals surface area contributed by atoms with Gasteiger partial charge < -0.3 is 19.9 Å². The minimum atomic E-state index is -0.0485. The second kappa shape index (κ2) is 10.4. The Labute approximate surface area is 207 Å². The molecule has 1 amide bonds. The van der Waals surface area contributed by atoms with Gasteiger partial charge in [-0.2, -0.15) is 0 Å². The third kappa shape index (κ3) is 5.25. The smallest absolute Gasteiger partial charge is 0.253 e. The van der Waals surface area contributed by atoms with Gasteiger partial charge in [0.15, 0.2) is 0 Å². The van der Waals surface area contributed by atoms with E-state index in [0.717, 1.165) is 55.5 Å². The van der Waals surface area contributed by atoms with Crippen molar-refractivity contribution in [3.8, 4) is 5.75 Å². The minimum Gasteiger partial charge on any atom is -0.508 e. The minimum absolute atomic E-state index is 0.0485. The van der Waals surface area contributed by atoms with E-state index in [9.17, 15) is 9.90 Å². The van der Waals surface area contributed by atoms with Gasteiger partial charge in [-0.25, -0.2) is 0 Å². The fourth-order valence-corrected chi connectivity index (χ4v) is 5.22. The summed E-state index contributed by atoms with van der Waals surface area (Å²) in [5.41, 5.74) is 5.10. The van der Waals surface area contributed by atoms with Gasteiger partial charge in [0.05, 0.1) is 5.56 Å². The van der Waals surface area contributed by atoms with Crippen molar-refractivity contribution in [2.45, 2.75) is 38.8 Å². The number of fused-ring (bicyclic) bond motifs is 1. The lowest BCUT2D eigenvalue weighted by Crippen LogP contribution is -2.45. The Hall–Kier alpha value is -3.57. The zero-order valence-corrected chi connectivity index (χ0v) is 20.3. The predicted molar refractivity (Wildman–Crippen MR) is 141 cm³/mol. The first-order valence-corrected chi connectivity index (χ1v) is 12.5. The average molecular weight is 468 g/mol. The zero-order chi connectivity index (χ0) is 24.2. The molecule has 4 aromatic rings. The van der Waals surface area contributed by atoms with Crippen molar-refractivity contribution in [2.24, 2.45) is 0 Å². The summed E-state index contributed by atoms with van der Waals surface area (Å²) in [4.78, 5) is 16.0. The van der Waals surface area contributed by atoms with Crippen LogP contribution in [0.3, 0.4) is 0 Å². The SMILES string of the molecule is Cc1c(C(=O)NC2CCN(CCc3ccccc3)CC2)c2cc(O)ccc2n1Cc1ccccc1. The quantitative estimate of drug-likeness (QED) is 0.396. The van der Waals surface area contributed by atoms with Crippen LogP contribution in [0.4, 0.5) is 0 Å². The molecule has 1 fully saturated rings. The molecule has 5 nitrogen and oxygen atoms in total. The van der Waals surface area contributed by atoms with Gasteiger partial charge in [0.25, 0.3) is 5.91 Å². The molecule has 0 atom stereocenters. The first kappa shape index (κ1) is 23.2. The molecule has 1 aromatic heterocycles. The van der Waals surface area contributed by atoms with Crippen molar-refractivity contribution < 1.29 is 9.90 Å². The summed E-state index contributed by atoms with van der Waals surface area (Å²) in [6.45, 7) is 5.72. The number of benzene rings is 3. The van der Waals surface area contributed by atoms with Crippen LogP contribution < -0.4 is 5.32 Å². The maximum atomic E-state index is 13.5. The van der Waals surface area contributed by atoms with Gasteiger partial charge in [-0.3, -0.25) is 4.79 Å². The number of phenolic OH excluding ortho intramolecular Hbond substituents is 1. The predicted octanol–water partition coefficient (Wildman–Crippen LogP) is 5.14. The topological polar surface area (TPSA) is 57.5 Å². The standard InChI is InChI=1S/C30H33N3O2/c1-22-29(27-20-26(34)12-13-28(27)33(22)21-24-10-6-3-7-11-24)30(35)31-25-15-18-32(19-16-25)17-14-23-8-4-2-5-9-23/h2-13,20,25,34H,14-19,21H2,1H3,(H,31,35). The molecule has 1 aliphatic rings. The van der Waals surface area contributed by atoms with Crippen LogP contribution in [0.15, 0.2) is 78.9 Å². The number of hydrogen-bond acceptors (Lipinski definition) is 3. The lowest BCUT2D eigenvalue weighted by atomic mass is 10.0. The second-order valence-electron chi connectivity index (χ2n) is 9.56. The largest absolute Gasteiger partial charge is 0.508 e. The number of rotatable bonds is 7. The normalized spacial score (nSPS) is 14.9. The number of carbonyl (C=O) groups excluding carboxylic acids is 1. The van der Waals surface area contributed by atoms with Crippen LogP contribution in [-0.2, 0) is 13.0 Å². The lowest BCUT2D eigenvalue weighted by Gasteiger charge is -2.32. The van der Waals surface area contributed by atoms with Crippen LogP contribution in [-0.4, -0.2) is 46.2 Å². The number of amides is 1. The van der Waals surface area contributed by atoms with Crippen LogP contribution in [0.1, 0.15) is 40.0 Å². The van der Waals surface area contributed by atoms with E-state index in [1.165, 1.54) is 11.1 Å². The molecule has 0 aliphatic carbocycles. The summed E-state index contributed by atoms with van der Waals surface area (Å²) >= 11 is 0. The fourth-order valence-electron chi connectivity index (χ4n) is 5.22. The Kier molecular flexibility index (Phi) is 6.87. The summed E-state index contributed by atoms with van der Waals surface area (Å²) in [6, 6.07) is 26.3. The molecule has 0 bridgehead atoms. The monoisotopic (exact) mass is 467 g/mol. The van der Waals surface area contributed by atoms with Crippen LogP contribution in [0, 0.1) is 6.92 Å². The van der Waals surface area contributed by atoms with Crippen molar-refractivity contribution >= 4 is 16.8 Å². The van der Waals surface area contributed by atoms with E-state index in [4.69, 9.17) is 0 Å². The molecular formula is C30H33N3O2. The number of nitrogens with one attached hydrogen (secondary N) is 1. The van der Waals surface area contributed by atoms with Crippen LogP contribution in [0.2, 0.25) is 0 Å². The number of aromatic nitrogens is 1. The Bertz CT molecular complexity index is 1290. The molecule has 1 aliphatic heterocycles. The van der Waals surface area contributed by atoms with E-state index in [2.05, 4.69) is 57.2 Å². The van der Waals surface area contributed by atoms with Crippen molar-refractivity contribution in [1.29, 1.82) is 0 Å². The molecule has 35 heavy (non-hydrogen) atoms. The third-order valence-corrected chi connectivity index (χ3v) is 7.20. The molecule has 0 radical (unpaired) electrons. The number of likely N-dealkylation sites (tertiary alicyclic amines) is 1. The maximum absolute atomic E-state index is 13.5. The van der Waals surface area contributed by atoms with Gasteiger partial charge in [-0.05, 0) is 55.5 Å². The number of piperidine rings is 1. The molecule has 1 saturated heterocycles. The molecule has 3 aromatic carbocycles. The molecule has 2 N–H and O–H groups in total. The molecule has 5 heteroatoms. The van der Waals surface area contributed by atoms with Crippen LogP contribution >= 0.6 is 0 Å². The second-order valence-corrected chi connectivity index (χ2v) is 9.56. The highest BCUT2D eigenvalue weighted by molar-refractivity contribution is 6.09.